The largest absolute Gasteiger partial charge is 0.573 e. The standard InChI is InChI=1S/C16H12F3NO2/c1-21-15-7-3-6-13-12(15)9-14(20-13)10-4-2-5-11(8-10)22-16(17,18)19/h2-9,20H,1H3. The van der Waals surface area contributed by atoms with Gasteiger partial charge in [-0.1, -0.05) is 18.2 Å². The number of halogens is 3. The summed E-state index contributed by atoms with van der Waals surface area (Å²) in [6.45, 7) is 0. The van der Waals surface area contributed by atoms with Gasteiger partial charge in [-0.15, -0.1) is 13.2 Å². The molecule has 0 radical (unpaired) electrons. The molecular formula is C16H12F3NO2. The second kappa shape index (κ2) is 5.29. The van der Waals surface area contributed by atoms with Crippen molar-refractivity contribution in [1.29, 1.82) is 0 Å². The first-order valence-corrected chi connectivity index (χ1v) is 6.48. The van der Waals surface area contributed by atoms with E-state index in [-0.39, 0.29) is 5.75 Å². The molecule has 0 saturated heterocycles. The van der Waals surface area contributed by atoms with E-state index in [0.717, 1.165) is 10.9 Å². The van der Waals surface area contributed by atoms with Gasteiger partial charge in [-0.25, -0.2) is 0 Å². The smallest absolute Gasteiger partial charge is 0.496 e. The Morgan fingerprint density at radius 2 is 1.77 bits per heavy atom. The Balaban J connectivity index is 2.02. The number of fused-ring (bicyclic) bond motifs is 1. The molecule has 22 heavy (non-hydrogen) atoms. The molecular weight excluding hydrogens is 295 g/mol. The molecule has 0 aliphatic carbocycles. The Morgan fingerprint density at radius 1 is 1.00 bits per heavy atom. The van der Waals surface area contributed by atoms with Crippen LogP contribution in [0.25, 0.3) is 22.2 Å². The number of hydrogen-bond donors (Lipinski definition) is 1. The molecule has 0 atom stereocenters. The van der Waals surface area contributed by atoms with Gasteiger partial charge in [-0.05, 0) is 30.3 Å². The molecule has 0 fully saturated rings. The summed E-state index contributed by atoms with van der Waals surface area (Å²) < 4.78 is 46.1. The van der Waals surface area contributed by atoms with E-state index in [2.05, 4.69) is 9.72 Å². The van der Waals surface area contributed by atoms with Crippen LogP contribution in [0.5, 0.6) is 11.5 Å². The molecule has 1 heterocycles. The average molecular weight is 307 g/mol. The van der Waals surface area contributed by atoms with Gasteiger partial charge in [0.05, 0.1) is 7.11 Å². The first-order chi connectivity index (χ1) is 10.5. The minimum absolute atomic E-state index is 0.254. The topological polar surface area (TPSA) is 34.2 Å². The highest BCUT2D eigenvalue weighted by Crippen LogP contribution is 2.32. The third kappa shape index (κ3) is 2.86. The van der Waals surface area contributed by atoms with Crippen LogP contribution < -0.4 is 9.47 Å². The van der Waals surface area contributed by atoms with Gasteiger partial charge in [0.25, 0.3) is 0 Å². The SMILES string of the molecule is COc1cccc2[nH]c(-c3cccc(OC(F)(F)F)c3)cc12. The van der Waals surface area contributed by atoms with Gasteiger partial charge < -0.3 is 14.5 Å². The number of methoxy groups -OCH3 is 1. The first-order valence-electron chi connectivity index (χ1n) is 6.48. The van der Waals surface area contributed by atoms with Crippen molar-refractivity contribution in [2.75, 3.05) is 7.11 Å². The van der Waals surface area contributed by atoms with E-state index in [0.29, 0.717) is 17.0 Å². The Hall–Kier alpha value is -2.63. The summed E-state index contributed by atoms with van der Waals surface area (Å²) in [6.07, 6.45) is -4.71. The summed E-state index contributed by atoms with van der Waals surface area (Å²) >= 11 is 0. The van der Waals surface area contributed by atoms with Crippen molar-refractivity contribution in [2.24, 2.45) is 0 Å². The highest BCUT2D eigenvalue weighted by molar-refractivity contribution is 5.90. The van der Waals surface area contributed by atoms with E-state index in [9.17, 15) is 13.2 Å². The zero-order valence-corrected chi connectivity index (χ0v) is 11.6. The molecule has 0 spiro atoms. The molecule has 0 amide bonds. The average Bonchev–Trinajstić information content (AvgIpc) is 2.89. The van der Waals surface area contributed by atoms with Crippen LogP contribution >= 0.6 is 0 Å². The molecule has 0 saturated carbocycles. The van der Waals surface area contributed by atoms with Gasteiger partial charge in [0.1, 0.15) is 11.5 Å². The number of ether oxygens (including phenoxy) is 2. The normalized spacial score (nSPS) is 11.6. The molecule has 0 aliphatic rings. The molecule has 0 bridgehead atoms. The minimum Gasteiger partial charge on any atom is -0.496 e. The monoisotopic (exact) mass is 307 g/mol. The number of H-pyrrole nitrogens is 1. The van der Waals surface area contributed by atoms with Crippen LogP contribution in [-0.4, -0.2) is 18.5 Å². The van der Waals surface area contributed by atoms with Crippen LogP contribution in [0.2, 0.25) is 0 Å². The number of rotatable bonds is 3. The summed E-state index contributed by atoms with van der Waals surface area (Å²) in [6, 6.07) is 13.2. The van der Waals surface area contributed by atoms with E-state index in [1.807, 2.05) is 24.3 Å². The van der Waals surface area contributed by atoms with Gasteiger partial charge >= 0.3 is 6.36 Å². The van der Waals surface area contributed by atoms with Crippen LogP contribution in [0.4, 0.5) is 13.2 Å². The summed E-state index contributed by atoms with van der Waals surface area (Å²) in [5.74, 6) is 0.443. The molecule has 6 heteroatoms. The Morgan fingerprint density at radius 3 is 2.50 bits per heavy atom. The van der Waals surface area contributed by atoms with Gasteiger partial charge in [0, 0.05) is 22.2 Å². The summed E-state index contributed by atoms with van der Waals surface area (Å²) in [4.78, 5) is 3.16. The number of alkyl halides is 3. The Kier molecular flexibility index (Phi) is 3.44. The third-order valence-electron chi connectivity index (χ3n) is 3.22. The highest BCUT2D eigenvalue weighted by Gasteiger charge is 2.31. The molecule has 114 valence electrons. The van der Waals surface area contributed by atoms with Gasteiger partial charge in [-0.2, -0.15) is 0 Å². The van der Waals surface area contributed by atoms with E-state index in [1.165, 1.54) is 18.2 Å². The van der Waals surface area contributed by atoms with Crippen molar-refractivity contribution in [2.45, 2.75) is 6.36 Å². The summed E-state index contributed by atoms with van der Waals surface area (Å²) in [5, 5.41) is 0.863. The van der Waals surface area contributed by atoms with Gasteiger partial charge in [-0.3, -0.25) is 0 Å². The fraction of sp³-hybridized carbons (Fsp3) is 0.125. The molecule has 3 aromatic rings. The molecule has 0 aliphatic heterocycles. The first kappa shape index (κ1) is 14.3. The second-order valence-corrected chi connectivity index (χ2v) is 4.68. The van der Waals surface area contributed by atoms with E-state index in [4.69, 9.17) is 4.74 Å². The minimum atomic E-state index is -4.71. The van der Waals surface area contributed by atoms with Crippen LogP contribution in [-0.2, 0) is 0 Å². The van der Waals surface area contributed by atoms with E-state index >= 15 is 0 Å². The second-order valence-electron chi connectivity index (χ2n) is 4.68. The number of benzene rings is 2. The summed E-state index contributed by atoms with van der Waals surface area (Å²) in [7, 11) is 1.57. The molecule has 1 aromatic heterocycles. The molecule has 1 N–H and O–H groups in total. The predicted molar refractivity (Wildman–Crippen MR) is 77.0 cm³/mol. The van der Waals surface area contributed by atoms with Crippen molar-refractivity contribution in [3.05, 3.63) is 48.5 Å². The van der Waals surface area contributed by atoms with E-state index in [1.54, 1.807) is 13.2 Å². The molecule has 0 unspecified atom stereocenters. The van der Waals surface area contributed by atoms with Gasteiger partial charge in [0.15, 0.2) is 0 Å². The number of hydrogen-bond acceptors (Lipinski definition) is 2. The maximum absolute atomic E-state index is 12.3. The zero-order valence-electron chi connectivity index (χ0n) is 11.6. The van der Waals surface area contributed by atoms with Crippen LogP contribution in [0, 0.1) is 0 Å². The van der Waals surface area contributed by atoms with Crippen molar-refractivity contribution in [3.63, 3.8) is 0 Å². The van der Waals surface area contributed by atoms with Crippen LogP contribution in [0.15, 0.2) is 48.5 Å². The fourth-order valence-corrected chi connectivity index (χ4v) is 2.32. The van der Waals surface area contributed by atoms with Crippen LogP contribution in [0.1, 0.15) is 0 Å². The van der Waals surface area contributed by atoms with Crippen molar-refractivity contribution in [3.8, 4) is 22.8 Å². The van der Waals surface area contributed by atoms with Crippen molar-refractivity contribution >= 4 is 10.9 Å². The van der Waals surface area contributed by atoms with Crippen molar-refractivity contribution in [1.82, 2.24) is 4.98 Å². The lowest BCUT2D eigenvalue weighted by molar-refractivity contribution is -0.274. The maximum atomic E-state index is 12.3. The molecule has 3 nitrogen and oxygen atoms in total. The van der Waals surface area contributed by atoms with Crippen LogP contribution in [0.3, 0.4) is 0 Å². The highest BCUT2D eigenvalue weighted by atomic mass is 19.4. The zero-order chi connectivity index (χ0) is 15.7. The fourth-order valence-electron chi connectivity index (χ4n) is 2.32. The van der Waals surface area contributed by atoms with Gasteiger partial charge in [0.2, 0.25) is 0 Å². The van der Waals surface area contributed by atoms with E-state index < -0.39 is 6.36 Å². The molecule has 3 rings (SSSR count). The lowest BCUT2D eigenvalue weighted by Gasteiger charge is -2.09. The lowest BCUT2D eigenvalue weighted by Crippen LogP contribution is -2.17. The quantitative estimate of drug-likeness (QED) is 0.758. The molecule has 2 aromatic carbocycles. The number of aromatic amines is 1. The third-order valence-corrected chi connectivity index (χ3v) is 3.22. The predicted octanol–water partition coefficient (Wildman–Crippen LogP) is 4.74. The lowest BCUT2D eigenvalue weighted by atomic mass is 10.1. The van der Waals surface area contributed by atoms with Crippen molar-refractivity contribution < 1.29 is 22.6 Å². The Labute approximate surface area is 124 Å². The number of nitrogens with one attached hydrogen (secondary N) is 1. The maximum Gasteiger partial charge on any atom is 0.573 e. The Bertz CT molecular complexity index is 809. The number of aromatic nitrogens is 1. The summed E-state index contributed by atoms with van der Waals surface area (Å²) in [5.41, 5.74) is 2.13.